The minimum Gasteiger partial charge on any atom is -0.313 e. The van der Waals surface area contributed by atoms with E-state index in [1.54, 1.807) is 5.51 Å². The van der Waals surface area contributed by atoms with Gasteiger partial charge in [-0.1, -0.05) is 6.92 Å². The van der Waals surface area contributed by atoms with E-state index in [2.05, 4.69) is 20.5 Å². The maximum atomic E-state index is 12.6. The average Bonchev–Trinajstić information content (AvgIpc) is 3.06. The van der Waals surface area contributed by atoms with Gasteiger partial charge in [0, 0.05) is 30.2 Å². The van der Waals surface area contributed by atoms with Crippen molar-refractivity contribution in [1.82, 2.24) is 24.8 Å². The lowest BCUT2D eigenvalue weighted by molar-refractivity contribution is 0.458. The lowest BCUT2D eigenvalue weighted by Crippen LogP contribution is -2.28. The highest BCUT2D eigenvalue weighted by Gasteiger charge is 2.28. The van der Waals surface area contributed by atoms with Crippen LogP contribution >= 0.6 is 11.3 Å². The van der Waals surface area contributed by atoms with Crippen LogP contribution in [0.5, 0.6) is 0 Å². The highest BCUT2D eigenvalue weighted by atomic mass is 32.2. The molecule has 2 aromatic rings. The maximum absolute atomic E-state index is 12.6. The van der Waals surface area contributed by atoms with Crippen LogP contribution in [0.2, 0.25) is 0 Å². The third-order valence-electron chi connectivity index (χ3n) is 3.11. The van der Waals surface area contributed by atoms with E-state index in [-0.39, 0.29) is 11.6 Å². The van der Waals surface area contributed by atoms with Crippen LogP contribution in [0.4, 0.5) is 0 Å². The average molecular weight is 329 g/mol. The third kappa shape index (κ3) is 3.49. The molecule has 0 bridgehead atoms. The second kappa shape index (κ2) is 6.65. The van der Waals surface area contributed by atoms with E-state index in [9.17, 15) is 8.42 Å². The Labute approximate surface area is 128 Å². The van der Waals surface area contributed by atoms with Gasteiger partial charge in [0.15, 0.2) is 5.03 Å². The standard InChI is InChI=1S/C12H19N5O2S2/c1-4-13-5-11-9(2)15-16-12(11)21(18,19)17(3)6-10-7-20-8-14-10/h7-8,13H,4-6H2,1-3H3,(H,15,16). The number of nitrogens with zero attached hydrogens (tertiary/aromatic N) is 3. The molecular weight excluding hydrogens is 310 g/mol. The molecule has 9 heteroatoms. The summed E-state index contributed by atoms with van der Waals surface area (Å²) >= 11 is 1.44. The first-order chi connectivity index (χ1) is 9.96. The van der Waals surface area contributed by atoms with Crippen LogP contribution < -0.4 is 5.32 Å². The number of sulfonamides is 1. The SMILES string of the molecule is CCNCc1c(S(=O)(=O)N(C)Cc2cscn2)n[nH]c1C. The molecule has 2 rings (SSSR count). The van der Waals surface area contributed by atoms with Gasteiger partial charge in [-0.15, -0.1) is 11.3 Å². The quantitative estimate of drug-likeness (QED) is 0.794. The van der Waals surface area contributed by atoms with Crippen LogP contribution in [0.3, 0.4) is 0 Å². The predicted molar refractivity (Wildman–Crippen MR) is 81.5 cm³/mol. The fraction of sp³-hybridized carbons (Fsp3) is 0.500. The second-order valence-electron chi connectivity index (χ2n) is 4.65. The number of aromatic amines is 1. The molecule has 0 atom stereocenters. The summed E-state index contributed by atoms with van der Waals surface area (Å²) in [6.45, 7) is 5.26. The topological polar surface area (TPSA) is 91.0 Å². The van der Waals surface area contributed by atoms with Crippen molar-refractivity contribution in [2.24, 2.45) is 0 Å². The maximum Gasteiger partial charge on any atom is 0.262 e. The molecule has 0 aliphatic carbocycles. The van der Waals surface area contributed by atoms with E-state index >= 15 is 0 Å². The van der Waals surface area contributed by atoms with Gasteiger partial charge in [0.25, 0.3) is 10.0 Å². The molecule has 0 saturated carbocycles. The van der Waals surface area contributed by atoms with Gasteiger partial charge in [0.1, 0.15) is 0 Å². The Morgan fingerprint density at radius 3 is 2.86 bits per heavy atom. The Balaban J connectivity index is 2.26. The van der Waals surface area contributed by atoms with Gasteiger partial charge >= 0.3 is 0 Å². The smallest absolute Gasteiger partial charge is 0.262 e. The molecule has 116 valence electrons. The Kier molecular flexibility index (Phi) is 5.09. The van der Waals surface area contributed by atoms with Crippen molar-refractivity contribution in [2.45, 2.75) is 32.0 Å². The zero-order chi connectivity index (χ0) is 15.5. The van der Waals surface area contributed by atoms with Crippen molar-refractivity contribution in [1.29, 1.82) is 0 Å². The van der Waals surface area contributed by atoms with Gasteiger partial charge in [-0.2, -0.15) is 9.40 Å². The number of aromatic nitrogens is 3. The van der Waals surface area contributed by atoms with Gasteiger partial charge < -0.3 is 5.32 Å². The summed E-state index contributed by atoms with van der Waals surface area (Å²) < 4.78 is 26.6. The fourth-order valence-electron chi connectivity index (χ4n) is 1.88. The molecular formula is C12H19N5O2S2. The molecule has 0 saturated heterocycles. The second-order valence-corrected chi connectivity index (χ2v) is 7.33. The Hall–Kier alpha value is -1.29. The highest BCUT2D eigenvalue weighted by Crippen LogP contribution is 2.21. The van der Waals surface area contributed by atoms with E-state index in [1.807, 2.05) is 19.2 Å². The molecule has 0 radical (unpaired) electrons. The van der Waals surface area contributed by atoms with Crippen LogP contribution in [0.15, 0.2) is 15.9 Å². The Morgan fingerprint density at radius 1 is 1.48 bits per heavy atom. The molecule has 0 unspecified atom stereocenters. The Bertz CT molecular complexity index is 679. The van der Waals surface area contributed by atoms with Crippen LogP contribution in [0, 0.1) is 6.92 Å². The van der Waals surface area contributed by atoms with Crippen LogP contribution in [-0.4, -0.2) is 41.5 Å². The first kappa shape index (κ1) is 16.1. The highest BCUT2D eigenvalue weighted by molar-refractivity contribution is 7.89. The zero-order valence-electron chi connectivity index (χ0n) is 12.3. The number of aryl methyl sites for hydroxylation is 1. The lowest BCUT2D eigenvalue weighted by atomic mass is 10.2. The predicted octanol–water partition coefficient (Wildman–Crippen LogP) is 1.10. The van der Waals surface area contributed by atoms with E-state index in [4.69, 9.17) is 0 Å². The summed E-state index contributed by atoms with van der Waals surface area (Å²) in [4.78, 5) is 4.11. The van der Waals surface area contributed by atoms with Gasteiger partial charge in [-0.05, 0) is 13.5 Å². The number of nitrogens with one attached hydrogen (secondary N) is 2. The number of rotatable bonds is 7. The molecule has 0 aromatic carbocycles. The largest absolute Gasteiger partial charge is 0.313 e. The summed E-state index contributed by atoms with van der Waals surface area (Å²) in [5, 5.41) is 11.8. The molecule has 0 spiro atoms. The normalized spacial score (nSPS) is 12.2. The minimum atomic E-state index is -3.64. The number of hydrogen-bond acceptors (Lipinski definition) is 6. The molecule has 21 heavy (non-hydrogen) atoms. The molecule has 0 amide bonds. The fourth-order valence-corrected chi connectivity index (χ4v) is 3.72. The van der Waals surface area contributed by atoms with Crippen LogP contribution in [0.1, 0.15) is 23.9 Å². The van der Waals surface area contributed by atoms with Crippen LogP contribution in [-0.2, 0) is 23.1 Å². The van der Waals surface area contributed by atoms with Crippen molar-refractivity contribution < 1.29 is 8.42 Å². The van der Waals surface area contributed by atoms with Crippen molar-refractivity contribution in [3.8, 4) is 0 Å². The number of hydrogen-bond donors (Lipinski definition) is 2. The molecule has 2 aromatic heterocycles. The monoisotopic (exact) mass is 329 g/mol. The van der Waals surface area contributed by atoms with Crippen LogP contribution in [0.25, 0.3) is 0 Å². The van der Waals surface area contributed by atoms with Crippen molar-refractivity contribution >= 4 is 21.4 Å². The summed E-state index contributed by atoms with van der Waals surface area (Å²) in [6, 6.07) is 0. The molecule has 0 aliphatic heterocycles. The molecule has 2 heterocycles. The van der Waals surface area contributed by atoms with Gasteiger partial charge in [0.2, 0.25) is 0 Å². The molecule has 0 fully saturated rings. The zero-order valence-corrected chi connectivity index (χ0v) is 13.9. The van der Waals surface area contributed by atoms with E-state index in [0.29, 0.717) is 12.1 Å². The van der Waals surface area contributed by atoms with E-state index in [0.717, 1.165) is 17.9 Å². The number of thiazole rings is 1. The van der Waals surface area contributed by atoms with Gasteiger partial charge in [-0.25, -0.2) is 13.4 Å². The Morgan fingerprint density at radius 2 is 2.24 bits per heavy atom. The molecule has 2 N–H and O–H groups in total. The first-order valence-corrected chi connectivity index (χ1v) is 8.93. The first-order valence-electron chi connectivity index (χ1n) is 6.54. The summed E-state index contributed by atoms with van der Waals surface area (Å²) in [7, 11) is -2.10. The van der Waals surface area contributed by atoms with Gasteiger partial charge in [0.05, 0.1) is 17.7 Å². The summed E-state index contributed by atoms with van der Waals surface area (Å²) in [5.41, 5.74) is 3.86. The van der Waals surface area contributed by atoms with Gasteiger partial charge in [-0.3, -0.25) is 5.10 Å². The van der Waals surface area contributed by atoms with Crippen molar-refractivity contribution in [2.75, 3.05) is 13.6 Å². The van der Waals surface area contributed by atoms with Crippen molar-refractivity contribution in [3.05, 3.63) is 27.8 Å². The minimum absolute atomic E-state index is 0.0821. The molecule has 7 nitrogen and oxygen atoms in total. The summed E-state index contributed by atoms with van der Waals surface area (Å²) in [6.07, 6.45) is 0. The van der Waals surface area contributed by atoms with Crippen molar-refractivity contribution in [3.63, 3.8) is 0 Å². The third-order valence-corrected chi connectivity index (χ3v) is 5.52. The molecule has 0 aliphatic rings. The summed E-state index contributed by atoms with van der Waals surface area (Å²) in [5.74, 6) is 0. The lowest BCUT2D eigenvalue weighted by Gasteiger charge is -2.15. The van der Waals surface area contributed by atoms with E-state index in [1.165, 1.54) is 22.7 Å². The van der Waals surface area contributed by atoms with E-state index < -0.39 is 10.0 Å². The number of H-pyrrole nitrogens is 1.